The first-order valence-corrected chi connectivity index (χ1v) is 10.2. The molecule has 3 rings (SSSR count). The van der Waals surface area contributed by atoms with Gasteiger partial charge < -0.3 is 10.8 Å². The SMILES string of the molecule is Cc1nn([C@H]2CCS(=O)(=O)C2)c(C)c1[C@H](CC(N)=O)c1c(C)[nH][nH]c1=O. The number of amides is 1. The zero-order valence-electron chi connectivity index (χ0n) is 15.0. The number of carbonyl (C=O) groups is 1. The molecule has 4 N–H and O–H groups in total. The van der Waals surface area contributed by atoms with Crippen LogP contribution in [0.1, 0.15) is 53.0 Å². The summed E-state index contributed by atoms with van der Waals surface area (Å²) >= 11 is 0. The lowest BCUT2D eigenvalue weighted by Crippen LogP contribution is -2.22. The van der Waals surface area contributed by atoms with Gasteiger partial charge in [-0.2, -0.15) is 5.10 Å². The number of carbonyl (C=O) groups excluding carboxylic acids is 1. The van der Waals surface area contributed by atoms with Gasteiger partial charge in [-0.15, -0.1) is 0 Å². The summed E-state index contributed by atoms with van der Waals surface area (Å²) in [6, 6.07) is -0.229. The molecule has 1 fully saturated rings. The van der Waals surface area contributed by atoms with E-state index < -0.39 is 21.7 Å². The molecule has 1 saturated heterocycles. The third-order valence-corrected chi connectivity index (χ3v) is 6.80. The summed E-state index contributed by atoms with van der Waals surface area (Å²) in [6.07, 6.45) is 0.478. The van der Waals surface area contributed by atoms with E-state index in [0.717, 1.165) is 11.3 Å². The van der Waals surface area contributed by atoms with Crippen LogP contribution in [0.2, 0.25) is 0 Å². The summed E-state index contributed by atoms with van der Waals surface area (Å²) in [7, 11) is -3.05. The zero-order valence-corrected chi connectivity index (χ0v) is 15.8. The third kappa shape index (κ3) is 3.20. The Kier molecular flexibility index (Phi) is 4.55. The van der Waals surface area contributed by atoms with Crippen LogP contribution in [0.4, 0.5) is 0 Å². The van der Waals surface area contributed by atoms with Gasteiger partial charge in [0.1, 0.15) is 0 Å². The summed E-state index contributed by atoms with van der Waals surface area (Å²) in [4.78, 5) is 23.9. The molecule has 26 heavy (non-hydrogen) atoms. The number of nitrogens with two attached hydrogens (primary N) is 1. The lowest BCUT2D eigenvalue weighted by Gasteiger charge is -2.17. The second kappa shape index (κ2) is 6.42. The quantitative estimate of drug-likeness (QED) is 0.677. The average Bonchev–Trinajstić information content (AvgIpc) is 3.14. The van der Waals surface area contributed by atoms with Crippen molar-refractivity contribution in [1.82, 2.24) is 20.0 Å². The number of nitrogens with zero attached hydrogens (tertiary/aromatic N) is 2. The van der Waals surface area contributed by atoms with Crippen molar-refractivity contribution in [2.24, 2.45) is 5.73 Å². The molecule has 142 valence electrons. The molecule has 0 bridgehead atoms. The summed E-state index contributed by atoms with van der Waals surface area (Å²) < 4.78 is 25.4. The Hall–Kier alpha value is -2.36. The molecule has 1 aliphatic rings. The Morgan fingerprint density at radius 2 is 2.00 bits per heavy atom. The molecule has 0 radical (unpaired) electrons. The number of H-pyrrole nitrogens is 2. The van der Waals surface area contributed by atoms with Gasteiger partial charge in [0.2, 0.25) is 5.91 Å². The van der Waals surface area contributed by atoms with Crippen molar-refractivity contribution in [3.05, 3.63) is 38.6 Å². The molecular formula is C16H23N5O4S. The lowest BCUT2D eigenvalue weighted by atomic mass is 9.87. The van der Waals surface area contributed by atoms with Crippen molar-refractivity contribution in [3.63, 3.8) is 0 Å². The highest BCUT2D eigenvalue weighted by atomic mass is 32.2. The standard InChI is InChI=1S/C16H23N5O4S/c1-8-15(16(23)19-18-8)12(6-13(17)22)14-9(2)20-21(10(14)3)11-4-5-26(24,25)7-11/h11-12H,4-7H2,1-3H3,(H2,17,22)(H2,18,19,23)/t11-,12-/m0/s1. The molecule has 0 saturated carbocycles. The minimum Gasteiger partial charge on any atom is -0.370 e. The molecule has 0 aromatic carbocycles. The largest absolute Gasteiger partial charge is 0.370 e. The van der Waals surface area contributed by atoms with Gasteiger partial charge in [0, 0.05) is 34.9 Å². The summed E-state index contributed by atoms with van der Waals surface area (Å²) in [6.45, 7) is 5.39. The molecule has 10 heteroatoms. The highest BCUT2D eigenvalue weighted by Crippen LogP contribution is 2.34. The Morgan fingerprint density at radius 1 is 1.31 bits per heavy atom. The summed E-state index contributed by atoms with van der Waals surface area (Å²) in [5, 5.41) is 9.84. The van der Waals surface area contributed by atoms with Crippen molar-refractivity contribution in [2.45, 2.75) is 45.6 Å². The van der Waals surface area contributed by atoms with E-state index in [-0.39, 0.29) is 29.5 Å². The number of aromatic amines is 2. The molecular weight excluding hydrogens is 358 g/mol. The third-order valence-electron chi connectivity index (χ3n) is 5.05. The van der Waals surface area contributed by atoms with Crippen molar-refractivity contribution in [2.75, 3.05) is 11.5 Å². The molecule has 1 amide bonds. The first-order valence-electron chi connectivity index (χ1n) is 8.42. The van der Waals surface area contributed by atoms with Gasteiger partial charge in [-0.05, 0) is 27.2 Å². The minimum atomic E-state index is -3.05. The number of aromatic nitrogens is 4. The maximum absolute atomic E-state index is 12.3. The van der Waals surface area contributed by atoms with E-state index in [1.54, 1.807) is 18.5 Å². The highest BCUT2D eigenvalue weighted by Gasteiger charge is 2.34. The van der Waals surface area contributed by atoms with Gasteiger partial charge in [0.15, 0.2) is 9.84 Å². The van der Waals surface area contributed by atoms with Crippen molar-refractivity contribution in [3.8, 4) is 0 Å². The molecule has 3 heterocycles. The van der Waals surface area contributed by atoms with Crippen molar-refractivity contribution < 1.29 is 13.2 Å². The van der Waals surface area contributed by atoms with E-state index in [4.69, 9.17) is 5.73 Å². The van der Waals surface area contributed by atoms with E-state index in [9.17, 15) is 18.0 Å². The van der Waals surface area contributed by atoms with Gasteiger partial charge in [-0.25, -0.2) is 8.42 Å². The van der Waals surface area contributed by atoms with Crippen LogP contribution >= 0.6 is 0 Å². The van der Waals surface area contributed by atoms with Crippen LogP contribution in [0.5, 0.6) is 0 Å². The predicted octanol–water partition coefficient (Wildman–Crippen LogP) is 0.192. The van der Waals surface area contributed by atoms with Gasteiger partial charge in [0.05, 0.1) is 23.2 Å². The van der Waals surface area contributed by atoms with Crippen LogP contribution in [-0.4, -0.2) is 45.8 Å². The number of hydrogen-bond donors (Lipinski definition) is 3. The highest BCUT2D eigenvalue weighted by molar-refractivity contribution is 7.91. The van der Waals surface area contributed by atoms with Crippen LogP contribution in [0, 0.1) is 20.8 Å². The summed E-state index contributed by atoms with van der Waals surface area (Å²) in [5.74, 6) is -0.857. The van der Waals surface area contributed by atoms with E-state index >= 15 is 0 Å². The minimum absolute atomic E-state index is 0.0297. The van der Waals surface area contributed by atoms with Gasteiger partial charge in [-0.3, -0.25) is 19.4 Å². The molecule has 0 spiro atoms. The number of sulfone groups is 1. The van der Waals surface area contributed by atoms with Crippen LogP contribution < -0.4 is 11.3 Å². The monoisotopic (exact) mass is 381 g/mol. The maximum Gasteiger partial charge on any atom is 0.267 e. The lowest BCUT2D eigenvalue weighted by molar-refractivity contribution is -0.118. The number of aryl methyl sites for hydroxylation is 2. The molecule has 1 aliphatic heterocycles. The topological polar surface area (TPSA) is 144 Å². The van der Waals surface area contributed by atoms with Gasteiger partial charge in [-0.1, -0.05) is 0 Å². The van der Waals surface area contributed by atoms with Gasteiger partial charge >= 0.3 is 0 Å². The summed E-state index contributed by atoms with van der Waals surface area (Å²) in [5.41, 5.74) is 8.40. The molecule has 0 unspecified atom stereocenters. The molecule has 2 aromatic rings. The fraction of sp³-hybridized carbons (Fsp3) is 0.562. The first kappa shape index (κ1) is 18.4. The average molecular weight is 381 g/mol. The normalized spacial score (nSPS) is 20.3. The fourth-order valence-corrected chi connectivity index (χ4v) is 5.62. The van der Waals surface area contributed by atoms with Crippen LogP contribution in [0.3, 0.4) is 0 Å². The predicted molar refractivity (Wildman–Crippen MR) is 95.8 cm³/mol. The number of nitrogens with one attached hydrogen (secondary N) is 2. The molecule has 2 aromatic heterocycles. The second-order valence-electron chi connectivity index (χ2n) is 6.93. The van der Waals surface area contributed by atoms with E-state index in [0.29, 0.717) is 23.4 Å². The van der Waals surface area contributed by atoms with Crippen LogP contribution in [0.15, 0.2) is 4.79 Å². The smallest absolute Gasteiger partial charge is 0.267 e. The fourth-order valence-electron chi connectivity index (χ4n) is 3.93. The molecule has 0 aliphatic carbocycles. The Bertz CT molecular complexity index is 1010. The Labute approximate surface area is 150 Å². The number of hydrogen-bond acceptors (Lipinski definition) is 5. The van der Waals surface area contributed by atoms with Crippen LogP contribution in [-0.2, 0) is 14.6 Å². The first-order chi connectivity index (χ1) is 12.1. The number of primary amides is 1. The van der Waals surface area contributed by atoms with Crippen molar-refractivity contribution in [1.29, 1.82) is 0 Å². The van der Waals surface area contributed by atoms with Crippen molar-refractivity contribution >= 4 is 15.7 Å². The Morgan fingerprint density at radius 3 is 2.50 bits per heavy atom. The number of rotatable bonds is 5. The van der Waals surface area contributed by atoms with E-state index in [1.807, 2.05) is 6.92 Å². The molecule has 9 nitrogen and oxygen atoms in total. The Balaban J connectivity index is 2.11. The molecule has 2 atom stereocenters. The van der Waals surface area contributed by atoms with Gasteiger partial charge in [0.25, 0.3) is 5.56 Å². The van der Waals surface area contributed by atoms with E-state index in [1.165, 1.54) is 0 Å². The maximum atomic E-state index is 12.3. The van der Waals surface area contributed by atoms with E-state index in [2.05, 4.69) is 15.3 Å². The zero-order chi connectivity index (χ0) is 19.2. The van der Waals surface area contributed by atoms with Crippen LogP contribution in [0.25, 0.3) is 0 Å². The second-order valence-corrected chi connectivity index (χ2v) is 9.16.